The molecule has 0 aromatic carbocycles. The molecule has 0 radical (unpaired) electrons. The fourth-order valence-corrected chi connectivity index (χ4v) is 5.59. The molecule has 3 fully saturated rings. The highest BCUT2D eigenvalue weighted by Gasteiger charge is 2.37. The quantitative estimate of drug-likeness (QED) is 0.743. The average molecular weight is 365 g/mol. The lowest BCUT2D eigenvalue weighted by Crippen LogP contribution is -2.58. The van der Waals surface area contributed by atoms with Gasteiger partial charge >= 0.3 is 0 Å². The fraction of sp³-hybridized carbons (Fsp3) is 1.00. The topological polar surface area (TPSA) is 13.0 Å². The van der Waals surface area contributed by atoms with Crippen LogP contribution in [-0.4, -0.2) is 96.1 Å². The van der Waals surface area contributed by atoms with Crippen molar-refractivity contribution in [2.45, 2.75) is 96.4 Å². The second-order valence-electron chi connectivity index (χ2n) is 9.70. The Kier molecular flexibility index (Phi) is 7.40. The first kappa shape index (κ1) is 20.6. The Bertz CT molecular complexity index is 372. The molecule has 26 heavy (non-hydrogen) atoms. The van der Waals surface area contributed by atoms with E-state index in [-0.39, 0.29) is 0 Å². The molecule has 0 unspecified atom stereocenters. The highest BCUT2D eigenvalue weighted by Crippen LogP contribution is 2.31. The highest BCUT2D eigenvalue weighted by molar-refractivity contribution is 4.93. The van der Waals surface area contributed by atoms with E-state index in [2.05, 4.69) is 54.3 Å². The van der Waals surface area contributed by atoms with Gasteiger partial charge in [-0.25, -0.2) is 0 Å². The molecule has 0 N–H and O–H groups in total. The van der Waals surface area contributed by atoms with Gasteiger partial charge in [0.1, 0.15) is 0 Å². The maximum atomic E-state index is 3.06. The molecule has 4 nitrogen and oxygen atoms in total. The third kappa shape index (κ3) is 5.01. The molecular formula is C22H44N4. The van der Waals surface area contributed by atoms with Crippen LogP contribution >= 0.6 is 0 Å². The first-order valence-electron chi connectivity index (χ1n) is 11.4. The van der Waals surface area contributed by atoms with Crippen molar-refractivity contribution in [3.8, 4) is 0 Å². The third-order valence-corrected chi connectivity index (χ3v) is 7.41. The summed E-state index contributed by atoms with van der Waals surface area (Å²) in [4.78, 5) is 11.0. The van der Waals surface area contributed by atoms with Crippen LogP contribution in [0.5, 0.6) is 0 Å². The van der Waals surface area contributed by atoms with Crippen molar-refractivity contribution in [2.24, 2.45) is 0 Å². The number of likely N-dealkylation sites (tertiary alicyclic amines) is 3. The zero-order chi connectivity index (χ0) is 18.7. The van der Waals surface area contributed by atoms with Gasteiger partial charge in [0.15, 0.2) is 0 Å². The molecule has 3 aliphatic rings. The molecule has 3 saturated heterocycles. The van der Waals surface area contributed by atoms with Crippen LogP contribution in [0.2, 0.25) is 0 Å². The van der Waals surface area contributed by atoms with Crippen LogP contribution in [-0.2, 0) is 0 Å². The van der Waals surface area contributed by atoms with Gasteiger partial charge in [-0.15, -0.1) is 0 Å². The molecule has 0 saturated carbocycles. The Morgan fingerprint density at radius 2 is 0.885 bits per heavy atom. The Balaban J connectivity index is 1.65. The number of nitrogens with zero attached hydrogens (tertiary/aromatic N) is 4. The van der Waals surface area contributed by atoms with Crippen LogP contribution in [0.1, 0.15) is 66.2 Å². The first-order chi connectivity index (χ1) is 12.5. The van der Waals surface area contributed by atoms with Crippen molar-refractivity contribution in [1.82, 2.24) is 19.6 Å². The van der Waals surface area contributed by atoms with Gasteiger partial charge in [0.05, 0.1) is 0 Å². The molecule has 0 aromatic rings. The van der Waals surface area contributed by atoms with Crippen molar-refractivity contribution in [1.29, 1.82) is 0 Å². The van der Waals surface area contributed by atoms with Crippen LogP contribution in [0.4, 0.5) is 0 Å². The average Bonchev–Trinajstić information content (AvgIpc) is 2.64. The van der Waals surface area contributed by atoms with Gasteiger partial charge in [-0.05, 0) is 113 Å². The highest BCUT2D eigenvalue weighted by atomic mass is 15.3. The van der Waals surface area contributed by atoms with E-state index in [0.29, 0.717) is 12.1 Å². The summed E-state index contributed by atoms with van der Waals surface area (Å²) in [6, 6.07) is 3.91. The second-order valence-corrected chi connectivity index (χ2v) is 9.70. The predicted molar refractivity (Wildman–Crippen MR) is 112 cm³/mol. The Labute approximate surface area is 162 Å². The van der Waals surface area contributed by atoms with E-state index >= 15 is 0 Å². The van der Waals surface area contributed by atoms with Gasteiger partial charge in [0, 0.05) is 30.2 Å². The SMILES string of the molecule is CC(C)N1CCC(N(C2CCN(C)CC2)C2CCN(C(C)C)CC2)CC1. The van der Waals surface area contributed by atoms with Crippen molar-refractivity contribution in [3.63, 3.8) is 0 Å². The minimum Gasteiger partial charge on any atom is -0.306 e. The van der Waals surface area contributed by atoms with E-state index in [9.17, 15) is 0 Å². The smallest absolute Gasteiger partial charge is 0.0125 e. The Hall–Kier alpha value is -0.160. The van der Waals surface area contributed by atoms with Crippen molar-refractivity contribution < 1.29 is 0 Å². The molecule has 3 rings (SSSR count). The molecule has 3 aliphatic heterocycles. The van der Waals surface area contributed by atoms with E-state index in [0.717, 1.165) is 18.1 Å². The van der Waals surface area contributed by atoms with Gasteiger partial charge in [0.25, 0.3) is 0 Å². The van der Waals surface area contributed by atoms with Crippen LogP contribution < -0.4 is 0 Å². The molecule has 0 atom stereocenters. The lowest BCUT2D eigenvalue weighted by Gasteiger charge is -2.51. The minimum absolute atomic E-state index is 0.710. The zero-order valence-electron chi connectivity index (χ0n) is 18.2. The van der Waals surface area contributed by atoms with Crippen LogP contribution in [0.25, 0.3) is 0 Å². The zero-order valence-corrected chi connectivity index (χ0v) is 18.2. The van der Waals surface area contributed by atoms with Crippen LogP contribution in [0.3, 0.4) is 0 Å². The molecule has 152 valence electrons. The predicted octanol–water partition coefficient (Wildman–Crippen LogP) is 3.13. The van der Waals surface area contributed by atoms with E-state index in [1.807, 2.05) is 0 Å². The van der Waals surface area contributed by atoms with Crippen LogP contribution in [0, 0.1) is 0 Å². The summed E-state index contributed by atoms with van der Waals surface area (Å²) in [7, 11) is 2.29. The fourth-order valence-electron chi connectivity index (χ4n) is 5.59. The number of hydrogen-bond donors (Lipinski definition) is 0. The lowest BCUT2D eigenvalue weighted by atomic mass is 9.90. The number of hydrogen-bond acceptors (Lipinski definition) is 4. The summed E-state index contributed by atoms with van der Waals surface area (Å²) < 4.78 is 0. The second kappa shape index (κ2) is 9.36. The summed E-state index contributed by atoms with van der Waals surface area (Å²) in [5.74, 6) is 0. The molecule has 0 bridgehead atoms. The third-order valence-electron chi connectivity index (χ3n) is 7.41. The minimum atomic E-state index is 0.710. The van der Waals surface area contributed by atoms with Crippen molar-refractivity contribution >= 4 is 0 Å². The van der Waals surface area contributed by atoms with E-state index in [1.54, 1.807) is 0 Å². The largest absolute Gasteiger partial charge is 0.306 e. The summed E-state index contributed by atoms with van der Waals surface area (Å²) in [6.45, 7) is 17.2. The van der Waals surface area contributed by atoms with Crippen molar-refractivity contribution in [2.75, 3.05) is 46.3 Å². The molecule has 0 amide bonds. The van der Waals surface area contributed by atoms with Crippen molar-refractivity contribution in [3.05, 3.63) is 0 Å². The summed E-state index contributed by atoms with van der Waals surface area (Å²) >= 11 is 0. The van der Waals surface area contributed by atoms with E-state index in [4.69, 9.17) is 0 Å². The molecular weight excluding hydrogens is 320 g/mol. The molecule has 3 heterocycles. The van der Waals surface area contributed by atoms with Crippen LogP contribution in [0.15, 0.2) is 0 Å². The molecule has 0 spiro atoms. The summed E-state index contributed by atoms with van der Waals surface area (Å²) in [6.07, 6.45) is 8.30. The maximum Gasteiger partial charge on any atom is 0.0125 e. The first-order valence-corrected chi connectivity index (χ1v) is 11.4. The standard InChI is InChI=1S/C22H44N4/c1-18(2)24-14-8-21(9-15-24)26(20-6-12-23(5)13-7-20)22-10-16-25(17-11-22)19(3)4/h18-22H,6-17H2,1-5H3. The van der Waals surface area contributed by atoms with Gasteiger partial charge in [-0.3, -0.25) is 4.90 Å². The molecule has 0 aromatic heterocycles. The Morgan fingerprint density at radius 1 is 0.577 bits per heavy atom. The Morgan fingerprint density at radius 3 is 1.19 bits per heavy atom. The van der Waals surface area contributed by atoms with Gasteiger partial charge in [0.2, 0.25) is 0 Å². The van der Waals surface area contributed by atoms with E-state index < -0.39 is 0 Å². The monoisotopic (exact) mass is 364 g/mol. The lowest BCUT2D eigenvalue weighted by molar-refractivity contribution is -0.0158. The van der Waals surface area contributed by atoms with E-state index in [1.165, 1.54) is 77.8 Å². The maximum absolute atomic E-state index is 3.06. The molecule has 4 heteroatoms. The normalized spacial score (nSPS) is 27.2. The summed E-state index contributed by atoms with van der Waals surface area (Å²) in [5.41, 5.74) is 0. The van der Waals surface area contributed by atoms with Gasteiger partial charge in [-0.2, -0.15) is 0 Å². The molecule has 0 aliphatic carbocycles. The van der Waals surface area contributed by atoms with Gasteiger partial charge < -0.3 is 14.7 Å². The summed E-state index contributed by atoms with van der Waals surface area (Å²) in [5, 5.41) is 0. The number of piperidine rings is 3. The number of rotatable bonds is 5. The van der Waals surface area contributed by atoms with Gasteiger partial charge in [-0.1, -0.05) is 0 Å².